The predicted octanol–water partition coefficient (Wildman–Crippen LogP) is 1.65. The monoisotopic (exact) mass is 842 g/mol. The molecule has 0 radical (unpaired) electrons. The number of nitrogens with one attached hydrogen (secondary N) is 2. The lowest BCUT2D eigenvalue weighted by Gasteiger charge is -2.40. The lowest BCUT2D eigenvalue weighted by molar-refractivity contribution is -0.142. The molecule has 5 amide bonds. The van der Waals surface area contributed by atoms with Crippen molar-refractivity contribution in [2.24, 2.45) is 16.9 Å². The van der Waals surface area contributed by atoms with E-state index in [1.807, 2.05) is 51.1 Å². The summed E-state index contributed by atoms with van der Waals surface area (Å²) < 4.78 is 30.5. The quantitative estimate of drug-likeness (QED) is 0.0891. The zero-order chi connectivity index (χ0) is 43.7. The third kappa shape index (κ3) is 12.4. The highest BCUT2D eigenvalue weighted by molar-refractivity contribution is 8.00. The number of carbonyl (C=O) groups excluding carboxylic acids is 5. The van der Waals surface area contributed by atoms with Crippen LogP contribution in [-0.4, -0.2) is 121 Å². The normalized spacial score (nSPS) is 16.4. The summed E-state index contributed by atoms with van der Waals surface area (Å²) in [7, 11) is 0. The Morgan fingerprint density at radius 2 is 1.75 bits per heavy atom. The van der Waals surface area contributed by atoms with Gasteiger partial charge < -0.3 is 37.2 Å². The van der Waals surface area contributed by atoms with E-state index in [9.17, 15) is 47.8 Å². The molecule has 3 aromatic rings. The van der Waals surface area contributed by atoms with Gasteiger partial charge in [0.2, 0.25) is 29.5 Å². The number of aliphatic hydroxyl groups excluding tert-OH is 1. The minimum absolute atomic E-state index is 0.0446. The van der Waals surface area contributed by atoms with E-state index in [1.54, 1.807) is 6.20 Å². The third-order valence-corrected chi connectivity index (χ3v) is 11.2. The molecule has 0 bridgehead atoms. The van der Waals surface area contributed by atoms with E-state index in [4.69, 9.17) is 16.6 Å². The van der Waals surface area contributed by atoms with Crippen molar-refractivity contribution < 1.29 is 47.8 Å². The SMILES string of the molecule is CC(C)(C)[C@H](c1nn(-c2cc(F)ccc2F)cc1Cc1ccccc1)N(CC[C@H](N)C(=O)NCCC(=O)NCCN1C(=O)CC(SC[C@@](C)(N)C(=O)O)C1=O)C(=O)CO. The topological polar surface area (TPSA) is 243 Å². The fraction of sp³-hybridized carbons (Fsp3) is 0.475. The summed E-state index contributed by atoms with van der Waals surface area (Å²) in [6.45, 7) is 5.70. The second-order valence-electron chi connectivity index (χ2n) is 15.7. The van der Waals surface area contributed by atoms with Gasteiger partial charge in [0.15, 0.2) is 0 Å². The first-order valence-electron chi connectivity index (χ1n) is 19.0. The van der Waals surface area contributed by atoms with Crippen molar-refractivity contribution in [1.82, 2.24) is 30.2 Å². The predicted molar refractivity (Wildman–Crippen MR) is 215 cm³/mol. The molecule has 16 nitrogen and oxygen atoms in total. The number of hydrogen-bond donors (Lipinski definition) is 6. The van der Waals surface area contributed by atoms with Crippen LogP contribution < -0.4 is 22.1 Å². The van der Waals surface area contributed by atoms with E-state index in [0.29, 0.717) is 17.7 Å². The molecule has 8 N–H and O–H groups in total. The van der Waals surface area contributed by atoms with Gasteiger partial charge in [0.05, 0.1) is 23.0 Å². The maximum absolute atomic E-state index is 15.0. The van der Waals surface area contributed by atoms with Crippen LogP contribution in [0.1, 0.15) is 69.8 Å². The van der Waals surface area contributed by atoms with Crippen LogP contribution in [0.25, 0.3) is 5.69 Å². The minimum Gasteiger partial charge on any atom is -0.480 e. The first kappa shape index (κ1) is 46.4. The second kappa shape index (κ2) is 20.1. The molecule has 4 atom stereocenters. The zero-order valence-electron chi connectivity index (χ0n) is 33.5. The van der Waals surface area contributed by atoms with Gasteiger partial charge in [0.25, 0.3) is 0 Å². The summed E-state index contributed by atoms with van der Waals surface area (Å²) >= 11 is 0.989. The number of benzene rings is 2. The number of halogens is 2. The lowest BCUT2D eigenvalue weighted by Crippen LogP contribution is -2.48. The summed E-state index contributed by atoms with van der Waals surface area (Å²) in [4.78, 5) is 77.7. The minimum atomic E-state index is -1.57. The van der Waals surface area contributed by atoms with Gasteiger partial charge in [-0.05, 0) is 36.5 Å². The molecule has 0 spiro atoms. The number of hydrogen-bond acceptors (Lipinski definition) is 11. The van der Waals surface area contributed by atoms with Gasteiger partial charge in [0.1, 0.15) is 29.5 Å². The molecule has 2 heterocycles. The average Bonchev–Trinajstić information content (AvgIpc) is 3.70. The highest BCUT2D eigenvalue weighted by Gasteiger charge is 2.41. The van der Waals surface area contributed by atoms with Crippen molar-refractivity contribution in [2.75, 3.05) is 38.5 Å². The Balaban J connectivity index is 1.37. The first-order valence-corrected chi connectivity index (χ1v) is 20.0. The van der Waals surface area contributed by atoms with Crippen molar-refractivity contribution in [2.45, 2.75) is 76.3 Å². The smallest absolute Gasteiger partial charge is 0.324 e. The maximum atomic E-state index is 15.0. The Labute approximate surface area is 345 Å². The average molecular weight is 843 g/mol. The Hall–Kier alpha value is -5.24. The summed E-state index contributed by atoms with van der Waals surface area (Å²) in [5, 5.41) is 28.4. The number of nitrogens with two attached hydrogens (primary N) is 2. The number of imide groups is 1. The van der Waals surface area contributed by atoms with Gasteiger partial charge in [-0.3, -0.25) is 33.7 Å². The second-order valence-corrected chi connectivity index (χ2v) is 16.8. The van der Waals surface area contributed by atoms with Gasteiger partial charge in [-0.25, -0.2) is 13.5 Å². The Morgan fingerprint density at radius 3 is 2.39 bits per heavy atom. The highest BCUT2D eigenvalue weighted by Crippen LogP contribution is 2.40. The number of likely N-dealkylation sites (tertiary alicyclic amines) is 1. The van der Waals surface area contributed by atoms with Gasteiger partial charge >= 0.3 is 5.97 Å². The standard InChI is InChI=1S/C40H52F2N8O8S/c1-39(2,3)35(34-25(18-24-8-6-5-7-9-24)21-50(47-34)29-19-26(41)10-11-27(29)42)48(33(54)22-51)16-13-28(43)36(55)46-14-12-31(52)45-15-17-49-32(53)20-30(37(49)56)59-23-40(4,44)38(57)58/h5-11,19,21,28,30,35,51H,12-18,20,22-23,43-44H2,1-4H3,(H,45,52)(H,46,55)(H,57,58)/t28-,30?,35-,40+/m0/s1. The number of aliphatic hydroxyl groups is 1. The van der Waals surface area contributed by atoms with Crippen LogP contribution in [0.4, 0.5) is 8.78 Å². The summed E-state index contributed by atoms with van der Waals surface area (Å²) in [5.74, 6) is -5.39. The van der Waals surface area contributed by atoms with E-state index in [2.05, 4.69) is 10.6 Å². The molecule has 19 heteroatoms. The van der Waals surface area contributed by atoms with Crippen molar-refractivity contribution in [3.63, 3.8) is 0 Å². The molecule has 59 heavy (non-hydrogen) atoms. The molecule has 320 valence electrons. The van der Waals surface area contributed by atoms with Gasteiger partial charge in [0, 0.05) is 69.0 Å². The maximum Gasteiger partial charge on any atom is 0.324 e. The molecule has 1 aliphatic rings. The number of aromatic nitrogens is 2. The number of aliphatic carboxylic acids is 1. The van der Waals surface area contributed by atoms with E-state index >= 15 is 0 Å². The number of rotatable bonds is 20. The molecule has 0 aliphatic carbocycles. The number of thioether (sulfide) groups is 1. The highest BCUT2D eigenvalue weighted by atomic mass is 32.2. The summed E-state index contributed by atoms with van der Waals surface area (Å²) in [6, 6.07) is 10.4. The summed E-state index contributed by atoms with van der Waals surface area (Å²) in [6.07, 6.45) is 1.60. The van der Waals surface area contributed by atoms with Crippen LogP contribution in [0.15, 0.2) is 54.7 Å². The largest absolute Gasteiger partial charge is 0.480 e. The molecule has 1 aliphatic heterocycles. The van der Waals surface area contributed by atoms with Gasteiger partial charge in [-0.1, -0.05) is 51.1 Å². The van der Waals surface area contributed by atoms with Crippen molar-refractivity contribution in [3.05, 3.63) is 83.2 Å². The van der Waals surface area contributed by atoms with Crippen LogP contribution in [0.2, 0.25) is 0 Å². The molecular formula is C40H52F2N8O8S. The van der Waals surface area contributed by atoms with E-state index in [0.717, 1.165) is 40.4 Å². The van der Waals surface area contributed by atoms with Gasteiger partial charge in [-0.15, -0.1) is 11.8 Å². The number of carboxylic acid groups (broad SMARTS) is 1. The molecular weight excluding hydrogens is 791 g/mol. The molecule has 1 saturated heterocycles. The fourth-order valence-electron chi connectivity index (χ4n) is 6.49. The molecule has 1 aromatic heterocycles. The first-order chi connectivity index (χ1) is 27.7. The fourth-order valence-corrected chi connectivity index (χ4v) is 7.69. The van der Waals surface area contributed by atoms with E-state index in [-0.39, 0.29) is 56.9 Å². The number of nitrogens with zero attached hydrogens (tertiary/aromatic N) is 4. The van der Waals surface area contributed by atoms with E-state index < -0.39 is 82.0 Å². The van der Waals surface area contributed by atoms with Gasteiger partial charge in [-0.2, -0.15) is 5.10 Å². The van der Waals surface area contributed by atoms with Crippen LogP contribution in [-0.2, 0) is 35.2 Å². The van der Waals surface area contributed by atoms with Crippen LogP contribution >= 0.6 is 11.8 Å². The molecule has 2 aromatic carbocycles. The Bertz CT molecular complexity index is 2010. The van der Waals surface area contributed by atoms with Crippen LogP contribution in [0.3, 0.4) is 0 Å². The Morgan fingerprint density at radius 1 is 1.05 bits per heavy atom. The van der Waals surface area contributed by atoms with E-state index in [1.165, 1.54) is 16.5 Å². The van der Waals surface area contributed by atoms with Crippen molar-refractivity contribution in [3.8, 4) is 5.69 Å². The van der Waals surface area contributed by atoms with Crippen molar-refractivity contribution >= 4 is 47.3 Å². The van der Waals surface area contributed by atoms with Crippen molar-refractivity contribution in [1.29, 1.82) is 0 Å². The number of carboxylic acids is 1. The zero-order valence-corrected chi connectivity index (χ0v) is 34.3. The Kier molecular flexibility index (Phi) is 15.9. The lowest BCUT2D eigenvalue weighted by atomic mass is 9.81. The molecule has 1 unspecified atom stereocenters. The molecule has 4 rings (SSSR count). The molecule has 0 saturated carbocycles. The van der Waals surface area contributed by atoms with Crippen LogP contribution in [0, 0.1) is 17.0 Å². The third-order valence-electron chi connectivity index (χ3n) is 9.66. The van der Waals surface area contributed by atoms with Crippen LogP contribution in [0.5, 0.6) is 0 Å². The summed E-state index contributed by atoms with van der Waals surface area (Å²) in [5.41, 5.74) is 11.4. The number of amides is 5. The number of carbonyl (C=O) groups is 6. The molecule has 1 fully saturated rings.